The molecule has 2 heterocycles. The maximum Gasteiger partial charge on any atom is 0.343 e. The van der Waals surface area contributed by atoms with Gasteiger partial charge in [0.1, 0.15) is 0 Å². The van der Waals surface area contributed by atoms with Gasteiger partial charge in [0.15, 0.2) is 15.0 Å². The minimum Gasteiger partial charge on any atom is -0.341 e. The lowest BCUT2D eigenvalue weighted by Gasteiger charge is -2.23. The molecule has 1 saturated heterocycles. The number of sulfone groups is 1. The lowest BCUT2D eigenvalue weighted by Crippen LogP contribution is -2.38. The van der Waals surface area contributed by atoms with Crippen LogP contribution < -0.4 is 5.69 Å². The summed E-state index contributed by atoms with van der Waals surface area (Å²) in [6.45, 7) is 2.50. The van der Waals surface area contributed by atoms with Gasteiger partial charge in [-0.3, -0.25) is 9.36 Å². The van der Waals surface area contributed by atoms with Crippen LogP contribution in [0.4, 0.5) is 0 Å². The number of aromatic amines is 1. The Labute approximate surface area is 133 Å². The number of carbonyl (C=O) groups is 1. The predicted octanol–water partition coefficient (Wildman–Crippen LogP) is -0.281. The Bertz CT molecular complexity index is 694. The third kappa shape index (κ3) is 3.92. The number of rotatable bonds is 6. The van der Waals surface area contributed by atoms with Gasteiger partial charge in [-0.05, 0) is 12.8 Å². The Balaban J connectivity index is 1.94. The zero-order valence-corrected chi connectivity index (χ0v) is 14.2. The van der Waals surface area contributed by atoms with Crippen LogP contribution in [0, 0.1) is 0 Å². The zero-order valence-electron chi connectivity index (χ0n) is 12.6. The van der Waals surface area contributed by atoms with Crippen LogP contribution in [0.15, 0.2) is 9.95 Å². The summed E-state index contributed by atoms with van der Waals surface area (Å²) in [6, 6.07) is -0.255. The van der Waals surface area contributed by atoms with Crippen molar-refractivity contribution in [2.75, 3.05) is 24.3 Å². The number of aromatic nitrogens is 3. The number of hydrogen-bond donors (Lipinski definition) is 1. The van der Waals surface area contributed by atoms with Gasteiger partial charge in [0.2, 0.25) is 5.91 Å². The highest BCUT2D eigenvalue weighted by molar-refractivity contribution is 7.99. The van der Waals surface area contributed by atoms with Crippen molar-refractivity contribution in [2.45, 2.75) is 37.5 Å². The largest absolute Gasteiger partial charge is 0.343 e. The summed E-state index contributed by atoms with van der Waals surface area (Å²) in [7, 11) is -1.39. The molecule has 1 atom stereocenters. The summed E-state index contributed by atoms with van der Waals surface area (Å²) >= 11 is 1.18. The smallest absolute Gasteiger partial charge is 0.341 e. The molecule has 0 radical (unpaired) electrons. The number of hydrogen-bond acceptors (Lipinski definition) is 6. The van der Waals surface area contributed by atoms with Gasteiger partial charge >= 0.3 is 5.69 Å². The molecule has 1 aliphatic heterocycles. The van der Waals surface area contributed by atoms with Gasteiger partial charge in [0, 0.05) is 19.6 Å². The molecule has 0 spiro atoms. The highest BCUT2D eigenvalue weighted by Crippen LogP contribution is 2.19. The molecule has 0 unspecified atom stereocenters. The third-order valence-corrected chi connectivity index (χ3v) is 6.36. The molecule has 22 heavy (non-hydrogen) atoms. The summed E-state index contributed by atoms with van der Waals surface area (Å²) in [5, 5.41) is 6.76. The van der Waals surface area contributed by atoms with Crippen molar-refractivity contribution in [3.8, 4) is 0 Å². The first-order valence-electron chi connectivity index (χ1n) is 7.08. The van der Waals surface area contributed by atoms with Crippen LogP contribution in [-0.2, 0) is 21.2 Å². The van der Waals surface area contributed by atoms with Crippen LogP contribution in [0.5, 0.6) is 0 Å². The minimum absolute atomic E-state index is 0.0306. The van der Waals surface area contributed by atoms with Crippen LogP contribution in [0.1, 0.15) is 19.8 Å². The number of nitrogens with zero attached hydrogens (tertiary/aromatic N) is 3. The molecule has 1 fully saturated rings. The quantitative estimate of drug-likeness (QED) is 0.709. The van der Waals surface area contributed by atoms with Crippen LogP contribution in [-0.4, -0.2) is 64.3 Å². The van der Waals surface area contributed by atoms with Gasteiger partial charge in [-0.2, -0.15) is 0 Å². The Morgan fingerprint density at radius 1 is 1.55 bits per heavy atom. The van der Waals surface area contributed by atoms with E-state index in [2.05, 4.69) is 10.2 Å². The maximum atomic E-state index is 12.2. The molecule has 1 aliphatic rings. The fourth-order valence-corrected chi connectivity index (χ4v) is 5.02. The SMILES string of the molecule is CCCn1c(SCC(=O)N(C)[C@H]2CCS(=O)(=O)C2)n[nH]c1=O. The Morgan fingerprint density at radius 3 is 2.86 bits per heavy atom. The first-order valence-corrected chi connectivity index (χ1v) is 9.89. The first kappa shape index (κ1) is 17.1. The summed E-state index contributed by atoms with van der Waals surface area (Å²) in [5.74, 6) is 0.132. The van der Waals surface area contributed by atoms with Crippen LogP contribution in [0.2, 0.25) is 0 Å². The van der Waals surface area contributed by atoms with E-state index in [1.165, 1.54) is 21.2 Å². The normalized spacial score (nSPS) is 20.2. The second-order valence-corrected chi connectivity index (χ2v) is 8.48. The van der Waals surface area contributed by atoms with E-state index in [1.807, 2.05) is 6.92 Å². The van der Waals surface area contributed by atoms with Crippen LogP contribution in [0.25, 0.3) is 0 Å². The van der Waals surface area contributed by atoms with Crippen molar-refractivity contribution >= 4 is 27.5 Å². The Hall–Kier alpha value is -1.29. The topological polar surface area (TPSA) is 105 Å². The molecular formula is C12H20N4O4S2. The minimum atomic E-state index is -3.02. The van der Waals surface area contributed by atoms with Gasteiger partial charge in [-0.1, -0.05) is 18.7 Å². The average Bonchev–Trinajstić information content (AvgIpc) is 3.00. The fraction of sp³-hybridized carbons (Fsp3) is 0.750. The van der Waals surface area contributed by atoms with Crippen LogP contribution >= 0.6 is 11.8 Å². The van der Waals surface area contributed by atoms with Crippen molar-refractivity contribution in [3.05, 3.63) is 10.5 Å². The maximum absolute atomic E-state index is 12.2. The van der Waals surface area contributed by atoms with Gasteiger partial charge in [-0.15, -0.1) is 5.10 Å². The van der Waals surface area contributed by atoms with Gasteiger partial charge in [0.05, 0.1) is 17.3 Å². The molecule has 1 aromatic heterocycles. The van der Waals surface area contributed by atoms with Gasteiger partial charge in [-0.25, -0.2) is 18.3 Å². The molecule has 2 rings (SSSR count). The van der Waals surface area contributed by atoms with E-state index in [1.54, 1.807) is 7.05 Å². The van der Waals surface area contributed by atoms with E-state index in [0.29, 0.717) is 18.1 Å². The monoisotopic (exact) mass is 348 g/mol. The van der Waals surface area contributed by atoms with Crippen molar-refractivity contribution in [1.82, 2.24) is 19.7 Å². The second-order valence-electron chi connectivity index (χ2n) is 5.31. The molecule has 1 N–H and O–H groups in total. The molecule has 10 heteroatoms. The Kier molecular flexibility index (Phi) is 5.32. The molecule has 1 amide bonds. The van der Waals surface area contributed by atoms with E-state index in [9.17, 15) is 18.0 Å². The van der Waals surface area contributed by atoms with Crippen LogP contribution in [0.3, 0.4) is 0 Å². The number of amides is 1. The number of nitrogens with one attached hydrogen (secondary N) is 1. The standard InChI is InChI=1S/C12H20N4O4S2/c1-3-5-16-11(18)13-14-12(16)21-7-10(17)15(2)9-4-6-22(19,20)8-9/h9H,3-8H2,1-2H3,(H,13,18)/t9-/m0/s1. The van der Waals surface area contributed by atoms with Crippen molar-refractivity contribution < 1.29 is 13.2 Å². The molecular weight excluding hydrogens is 328 g/mol. The van der Waals surface area contributed by atoms with E-state index < -0.39 is 9.84 Å². The summed E-state index contributed by atoms with van der Waals surface area (Å²) < 4.78 is 24.4. The Morgan fingerprint density at radius 2 is 2.27 bits per heavy atom. The molecule has 0 aliphatic carbocycles. The highest BCUT2D eigenvalue weighted by atomic mass is 32.2. The molecule has 0 saturated carbocycles. The van der Waals surface area contributed by atoms with Crippen molar-refractivity contribution in [1.29, 1.82) is 0 Å². The summed E-state index contributed by atoms with van der Waals surface area (Å²) in [4.78, 5) is 25.2. The lowest BCUT2D eigenvalue weighted by atomic mass is 10.2. The lowest BCUT2D eigenvalue weighted by molar-refractivity contribution is -0.128. The second kappa shape index (κ2) is 6.86. The number of H-pyrrole nitrogens is 1. The molecule has 0 aromatic carbocycles. The fourth-order valence-electron chi connectivity index (χ4n) is 2.35. The molecule has 124 valence electrons. The van der Waals surface area contributed by atoms with E-state index in [4.69, 9.17) is 0 Å². The summed E-state index contributed by atoms with van der Waals surface area (Å²) in [6.07, 6.45) is 1.28. The van der Waals surface area contributed by atoms with E-state index >= 15 is 0 Å². The van der Waals surface area contributed by atoms with Gasteiger partial charge < -0.3 is 4.90 Å². The van der Waals surface area contributed by atoms with Crippen molar-refractivity contribution in [2.24, 2.45) is 0 Å². The van der Waals surface area contributed by atoms with Gasteiger partial charge in [0.25, 0.3) is 0 Å². The van der Waals surface area contributed by atoms with E-state index in [0.717, 1.165) is 6.42 Å². The van der Waals surface area contributed by atoms with E-state index in [-0.39, 0.29) is 34.9 Å². The highest BCUT2D eigenvalue weighted by Gasteiger charge is 2.32. The first-order chi connectivity index (χ1) is 10.3. The summed E-state index contributed by atoms with van der Waals surface area (Å²) in [5.41, 5.74) is -0.285. The molecule has 8 nitrogen and oxygen atoms in total. The zero-order chi connectivity index (χ0) is 16.3. The third-order valence-electron chi connectivity index (χ3n) is 3.64. The van der Waals surface area contributed by atoms with Crippen molar-refractivity contribution in [3.63, 3.8) is 0 Å². The average molecular weight is 348 g/mol. The number of carbonyl (C=O) groups excluding carboxylic acids is 1. The molecule has 1 aromatic rings. The molecule has 0 bridgehead atoms. The predicted molar refractivity (Wildman–Crippen MR) is 83.7 cm³/mol. The number of thioether (sulfide) groups is 1.